The van der Waals surface area contributed by atoms with Gasteiger partial charge in [0.05, 0.1) is 21.8 Å². The number of sulfone groups is 1. The molecule has 0 bridgehead atoms. The van der Waals surface area contributed by atoms with Gasteiger partial charge >= 0.3 is 0 Å². The largest absolute Gasteiger partial charge is 0.393 e. The smallest absolute Gasteiger partial charge is 0.255 e. The minimum Gasteiger partial charge on any atom is -0.393 e. The second-order valence-electron chi connectivity index (χ2n) is 7.36. The number of halogens is 3. The molecule has 0 unspecified atom stereocenters. The van der Waals surface area contributed by atoms with Crippen LogP contribution in [0.1, 0.15) is 23.2 Å². The third-order valence-corrected chi connectivity index (χ3v) is 7.76. The summed E-state index contributed by atoms with van der Waals surface area (Å²) in [5.74, 6) is -4.00. The van der Waals surface area contributed by atoms with Gasteiger partial charge in [0.15, 0.2) is 21.5 Å². The Morgan fingerprint density at radius 1 is 1.16 bits per heavy atom. The van der Waals surface area contributed by atoms with E-state index >= 15 is 0 Å². The second kappa shape index (κ2) is 9.49. The van der Waals surface area contributed by atoms with E-state index in [1.165, 1.54) is 12.1 Å². The summed E-state index contributed by atoms with van der Waals surface area (Å²) < 4.78 is 52.4. The van der Waals surface area contributed by atoms with Crippen molar-refractivity contribution < 1.29 is 31.9 Å². The monoisotopic (exact) mass is 487 g/mol. The molecule has 172 valence electrons. The van der Waals surface area contributed by atoms with Crippen LogP contribution in [0.25, 0.3) is 0 Å². The summed E-state index contributed by atoms with van der Waals surface area (Å²) in [6.45, 7) is -0.449. The van der Waals surface area contributed by atoms with E-state index in [9.17, 15) is 26.8 Å². The van der Waals surface area contributed by atoms with Gasteiger partial charge in [-0.25, -0.2) is 17.2 Å². The number of carbonyl (C=O) groups is 2. The summed E-state index contributed by atoms with van der Waals surface area (Å²) in [4.78, 5) is 24.2. The molecule has 0 heterocycles. The molecule has 12 heteroatoms. The van der Waals surface area contributed by atoms with E-state index in [1.54, 1.807) is 0 Å². The van der Waals surface area contributed by atoms with Crippen molar-refractivity contribution in [1.82, 2.24) is 5.32 Å². The van der Waals surface area contributed by atoms with E-state index in [1.807, 2.05) is 0 Å². The summed E-state index contributed by atoms with van der Waals surface area (Å²) in [7, 11) is -3.96. The molecule has 1 atom stereocenters. The summed E-state index contributed by atoms with van der Waals surface area (Å²) >= 11 is 6.07. The molecule has 2 aromatic carbocycles. The van der Waals surface area contributed by atoms with Crippen molar-refractivity contribution in [3.8, 4) is 0 Å². The first-order valence-corrected chi connectivity index (χ1v) is 11.4. The summed E-state index contributed by atoms with van der Waals surface area (Å²) in [5, 5.41) is 12.6. The predicted octanol–water partition coefficient (Wildman–Crippen LogP) is 1.82. The third kappa shape index (κ3) is 5.07. The number of nitrogens with two attached hydrogens (primary N) is 1. The highest BCUT2D eigenvalue weighted by atomic mass is 35.5. The Kier molecular flexibility index (Phi) is 7.13. The van der Waals surface area contributed by atoms with Crippen LogP contribution >= 0.6 is 11.6 Å². The molecule has 2 aromatic rings. The average Bonchev–Trinajstić information content (AvgIpc) is 2.69. The fraction of sp³-hybridized carbons (Fsp3) is 0.300. The number of hydrogen-bond acceptors (Lipinski definition) is 6. The first-order chi connectivity index (χ1) is 15.0. The zero-order chi connectivity index (χ0) is 23.6. The highest BCUT2D eigenvalue weighted by Gasteiger charge is 2.43. The van der Waals surface area contributed by atoms with Crippen LogP contribution in [0, 0.1) is 17.6 Å². The first kappa shape index (κ1) is 24.1. The number of rotatable bonds is 7. The van der Waals surface area contributed by atoms with Crippen LogP contribution in [0.4, 0.5) is 14.5 Å². The number of aliphatic hydroxyl groups excluding tert-OH is 1. The molecule has 1 aliphatic carbocycles. The van der Waals surface area contributed by atoms with Gasteiger partial charge in [0, 0.05) is 23.2 Å². The van der Waals surface area contributed by atoms with E-state index < -0.39 is 57.2 Å². The number of hydrogen-bond donors (Lipinski definition) is 4. The Labute approximate surface area is 187 Å². The lowest BCUT2D eigenvalue weighted by molar-refractivity contribution is -0.128. The Hall–Kier alpha value is -2.60. The zero-order valence-electron chi connectivity index (χ0n) is 16.5. The molecule has 32 heavy (non-hydrogen) atoms. The van der Waals surface area contributed by atoms with Gasteiger partial charge in [-0.05, 0) is 43.2 Å². The van der Waals surface area contributed by atoms with Gasteiger partial charge in [-0.15, -0.1) is 0 Å². The molecule has 0 aromatic heterocycles. The van der Waals surface area contributed by atoms with Gasteiger partial charge in [0.2, 0.25) is 5.91 Å². The normalized spacial score (nSPS) is 19.0. The Morgan fingerprint density at radius 3 is 2.47 bits per heavy atom. The van der Waals surface area contributed by atoms with E-state index in [-0.39, 0.29) is 34.0 Å². The maximum absolute atomic E-state index is 13.3. The van der Waals surface area contributed by atoms with E-state index in [2.05, 4.69) is 10.6 Å². The Bertz CT molecular complexity index is 1160. The SMILES string of the molecule is N[C@@H](CO)NC(=O)[C@H]1C[C@H](S(=O)(=O)c2cc(C(=O)Nc3ccc(F)c(F)c3)ccc2Cl)C1. The summed E-state index contributed by atoms with van der Waals surface area (Å²) in [6.07, 6.45) is -0.862. The van der Waals surface area contributed by atoms with Crippen LogP contribution < -0.4 is 16.4 Å². The fourth-order valence-corrected chi connectivity index (χ4v) is 5.60. The molecule has 0 spiro atoms. The lowest BCUT2D eigenvalue weighted by atomic mass is 9.84. The maximum Gasteiger partial charge on any atom is 0.255 e. The van der Waals surface area contributed by atoms with E-state index in [0.717, 1.165) is 24.3 Å². The van der Waals surface area contributed by atoms with Gasteiger partial charge in [-0.3, -0.25) is 9.59 Å². The quantitative estimate of drug-likeness (QED) is 0.439. The van der Waals surface area contributed by atoms with Crippen LogP contribution in [-0.2, 0) is 14.6 Å². The van der Waals surface area contributed by atoms with E-state index in [0.29, 0.717) is 0 Å². The molecule has 3 rings (SSSR count). The predicted molar refractivity (Wildman–Crippen MR) is 113 cm³/mol. The molecule has 1 aliphatic rings. The van der Waals surface area contributed by atoms with Crippen molar-refractivity contribution in [3.05, 3.63) is 58.6 Å². The Morgan fingerprint density at radius 2 is 1.84 bits per heavy atom. The summed E-state index contributed by atoms with van der Waals surface area (Å²) in [6, 6.07) is 6.44. The Balaban J connectivity index is 1.74. The molecule has 8 nitrogen and oxygen atoms in total. The topological polar surface area (TPSA) is 139 Å². The number of amides is 2. The number of carbonyl (C=O) groups excluding carboxylic acids is 2. The van der Waals surface area contributed by atoms with Gasteiger partial charge in [-0.2, -0.15) is 0 Å². The maximum atomic E-state index is 13.3. The molecule has 2 amide bonds. The van der Waals surface area contributed by atoms with Crippen LogP contribution in [0.2, 0.25) is 5.02 Å². The fourth-order valence-electron chi connectivity index (χ4n) is 3.20. The third-order valence-electron chi connectivity index (χ3n) is 5.11. The highest BCUT2D eigenvalue weighted by molar-refractivity contribution is 7.92. The number of benzene rings is 2. The molecule has 0 radical (unpaired) electrons. The van der Waals surface area contributed by atoms with Crippen LogP contribution in [0.3, 0.4) is 0 Å². The molecule has 0 saturated heterocycles. The second-order valence-corrected chi connectivity index (χ2v) is 9.96. The van der Waals surface area contributed by atoms with Crippen LogP contribution in [0.15, 0.2) is 41.3 Å². The van der Waals surface area contributed by atoms with Crippen molar-refractivity contribution in [2.75, 3.05) is 11.9 Å². The highest BCUT2D eigenvalue weighted by Crippen LogP contribution is 2.38. The molecular formula is C20H20ClF2N3O5S. The molecule has 1 fully saturated rings. The number of aliphatic hydroxyl groups is 1. The first-order valence-electron chi connectivity index (χ1n) is 9.49. The van der Waals surface area contributed by atoms with Crippen molar-refractivity contribution in [2.45, 2.75) is 29.2 Å². The molecular weight excluding hydrogens is 468 g/mol. The molecule has 5 N–H and O–H groups in total. The molecule has 0 aliphatic heterocycles. The van der Waals surface area contributed by atoms with Crippen molar-refractivity contribution in [3.63, 3.8) is 0 Å². The van der Waals surface area contributed by atoms with E-state index in [4.69, 9.17) is 22.4 Å². The van der Waals surface area contributed by atoms with Crippen molar-refractivity contribution in [2.24, 2.45) is 11.7 Å². The van der Waals surface area contributed by atoms with Gasteiger partial charge in [0.1, 0.15) is 6.17 Å². The minimum absolute atomic E-state index is 0.0119. The van der Waals surface area contributed by atoms with Gasteiger partial charge in [-0.1, -0.05) is 11.6 Å². The number of anilines is 1. The van der Waals surface area contributed by atoms with Crippen LogP contribution in [0.5, 0.6) is 0 Å². The van der Waals surface area contributed by atoms with Gasteiger partial charge in [0.25, 0.3) is 5.91 Å². The van der Waals surface area contributed by atoms with Crippen LogP contribution in [-0.4, -0.2) is 43.4 Å². The lowest BCUT2D eigenvalue weighted by Crippen LogP contribution is -2.51. The van der Waals surface area contributed by atoms with Crippen molar-refractivity contribution >= 4 is 38.9 Å². The number of nitrogens with one attached hydrogen (secondary N) is 2. The minimum atomic E-state index is -3.96. The molecule has 1 saturated carbocycles. The average molecular weight is 488 g/mol. The zero-order valence-corrected chi connectivity index (χ0v) is 18.1. The standard InChI is InChI=1S/C20H20ClF2N3O5S/c21-14-3-1-10(19(28)25-12-2-4-15(22)16(23)8-12)7-17(14)32(30,31)13-5-11(6-13)20(29)26-18(24)9-27/h1-4,7-8,11,13,18,27H,5-6,9,24H2,(H,25,28)(H,26,29)/t11-,13-,18-/m1/s1. The summed E-state index contributed by atoms with van der Waals surface area (Å²) in [5.41, 5.74) is 5.38. The lowest BCUT2D eigenvalue weighted by Gasteiger charge is -2.34. The van der Waals surface area contributed by atoms with Crippen molar-refractivity contribution in [1.29, 1.82) is 0 Å². The van der Waals surface area contributed by atoms with Gasteiger partial charge < -0.3 is 21.5 Å².